The Bertz CT molecular complexity index is 583. The molecule has 0 radical (unpaired) electrons. The third-order valence-electron chi connectivity index (χ3n) is 7.43. The number of aliphatic hydroxyl groups is 2. The summed E-state index contributed by atoms with van der Waals surface area (Å²) < 4.78 is 0. The van der Waals surface area contributed by atoms with Gasteiger partial charge < -0.3 is 30.0 Å². The van der Waals surface area contributed by atoms with Crippen molar-refractivity contribution >= 4 is 11.9 Å². The van der Waals surface area contributed by atoms with Gasteiger partial charge in [-0.2, -0.15) is 0 Å². The number of carboxylic acid groups (broad SMARTS) is 2. The van der Waals surface area contributed by atoms with E-state index in [1.807, 2.05) is 0 Å². The molecule has 2 unspecified atom stereocenters. The third kappa shape index (κ3) is 45.5. The fourth-order valence-corrected chi connectivity index (χ4v) is 4.72. The minimum atomic E-state index is -0.939. The van der Waals surface area contributed by atoms with Crippen LogP contribution in [0.25, 0.3) is 0 Å². The molecule has 6 nitrogen and oxygen atoms in total. The minimum absolute atomic E-state index is 0. The van der Waals surface area contributed by atoms with E-state index in [4.69, 9.17) is 0 Å². The number of carbonyl (C=O) groups is 2. The van der Waals surface area contributed by atoms with Gasteiger partial charge in [0.2, 0.25) is 0 Å². The van der Waals surface area contributed by atoms with Crippen LogP contribution >= 0.6 is 0 Å². The Hall–Kier alpha value is -1.04. The maximum Gasteiger partial charge on any atom is 2.00 e. The molecular weight excluding hydrogens is 594 g/mol. The molecule has 0 heterocycles. The number of unbranched alkanes of at least 4 members (excludes halogenated alkanes) is 16. The first-order valence-electron chi connectivity index (χ1n) is 17.4. The quantitative estimate of drug-likeness (QED) is 0.0468. The van der Waals surface area contributed by atoms with Crippen LogP contribution < -0.4 is 10.2 Å². The number of hydrogen-bond donors (Lipinski definition) is 2. The van der Waals surface area contributed by atoms with E-state index < -0.39 is 11.9 Å². The predicted molar refractivity (Wildman–Crippen MR) is 172 cm³/mol. The number of hydrogen-bond acceptors (Lipinski definition) is 6. The van der Waals surface area contributed by atoms with Gasteiger partial charge in [0.1, 0.15) is 0 Å². The fraction of sp³-hybridized carbons (Fsp3) is 0.833. The summed E-state index contributed by atoms with van der Waals surface area (Å²) in [5.41, 5.74) is 0. The normalized spacial score (nSPS) is 12.6. The molecule has 0 aliphatic carbocycles. The van der Waals surface area contributed by atoms with Gasteiger partial charge in [-0.15, -0.1) is 0 Å². The SMILES string of the molecule is CCCCCCC(O)C/C=C/CCCCCCCC(=O)[O-].CCCCCCC(O)C/C=C/CCCCCCCC(=O)[O-].[Zn+2]. The molecule has 0 aromatic carbocycles. The molecule has 0 saturated heterocycles. The van der Waals surface area contributed by atoms with Gasteiger partial charge in [-0.05, 0) is 77.0 Å². The largest absolute Gasteiger partial charge is 2.00 e. The van der Waals surface area contributed by atoms with Crippen molar-refractivity contribution in [2.45, 2.75) is 193 Å². The first-order chi connectivity index (χ1) is 20.3. The molecule has 248 valence electrons. The molecule has 0 aliphatic rings. The molecule has 0 bridgehead atoms. The van der Waals surface area contributed by atoms with Crippen molar-refractivity contribution in [3.05, 3.63) is 24.3 Å². The van der Waals surface area contributed by atoms with Crippen molar-refractivity contribution in [2.24, 2.45) is 0 Å². The first kappa shape index (κ1) is 46.4. The van der Waals surface area contributed by atoms with E-state index in [-0.39, 0.29) is 44.5 Å². The zero-order valence-electron chi connectivity index (χ0n) is 28.1. The maximum absolute atomic E-state index is 10.2. The number of allylic oxidation sites excluding steroid dienone is 2. The fourth-order valence-electron chi connectivity index (χ4n) is 4.72. The minimum Gasteiger partial charge on any atom is -0.550 e. The van der Waals surface area contributed by atoms with Crippen LogP contribution in [0.1, 0.15) is 181 Å². The van der Waals surface area contributed by atoms with E-state index in [0.29, 0.717) is 0 Å². The van der Waals surface area contributed by atoms with Gasteiger partial charge in [-0.1, -0.05) is 128 Å². The molecule has 43 heavy (non-hydrogen) atoms. The van der Waals surface area contributed by atoms with Crippen molar-refractivity contribution in [1.29, 1.82) is 0 Å². The van der Waals surface area contributed by atoms with Gasteiger partial charge in [0.15, 0.2) is 0 Å². The van der Waals surface area contributed by atoms with Gasteiger partial charge in [-0.3, -0.25) is 0 Å². The summed E-state index contributed by atoms with van der Waals surface area (Å²) >= 11 is 0. The summed E-state index contributed by atoms with van der Waals surface area (Å²) in [6.45, 7) is 4.39. The molecule has 0 rings (SSSR count). The third-order valence-corrected chi connectivity index (χ3v) is 7.43. The van der Waals surface area contributed by atoms with E-state index in [1.165, 1.54) is 38.5 Å². The Morgan fingerprint density at radius 1 is 0.512 bits per heavy atom. The summed E-state index contributed by atoms with van der Waals surface area (Å²) in [5.74, 6) is -1.88. The number of rotatable bonds is 30. The van der Waals surface area contributed by atoms with E-state index in [1.54, 1.807) is 0 Å². The topological polar surface area (TPSA) is 121 Å². The molecule has 0 fully saturated rings. The molecule has 0 saturated carbocycles. The average Bonchev–Trinajstić information content (AvgIpc) is 2.95. The Labute approximate surface area is 278 Å². The number of aliphatic carboxylic acids is 2. The summed E-state index contributed by atoms with van der Waals surface area (Å²) in [7, 11) is 0. The van der Waals surface area contributed by atoms with Crippen LogP contribution in [0.15, 0.2) is 24.3 Å². The van der Waals surface area contributed by atoms with Crippen LogP contribution in [0.5, 0.6) is 0 Å². The number of aliphatic hydroxyl groups excluding tert-OH is 2. The Morgan fingerprint density at radius 2 is 0.837 bits per heavy atom. The second kappa shape index (κ2) is 39.0. The van der Waals surface area contributed by atoms with E-state index in [2.05, 4.69) is 38.2 Å². The van der Waals surface area contributed by atoms with Gasteiger partial charge in [-0.25, -0.2) is 0 Å². The number of carbonyl (C=O) groups excluding carboxylic acids is 2. The molecule has 0 spiro atoms. The van der Waals surface area contributed by atoms with Gasteiger partial charge in [0, 0.05) is 11.9 Å². The molecular formula is C36H66O6Zn. The molecule has 0 aromatic rings. The predicted octanol–water partition coefficient (Wildman–Crippen LogP) is 7.49. The van der Waals surface area contributed by atoms with Crippen LogP contribution in [0.4, 0.5) is 0 Å². The molecule has 2 atom stereocenters. The van der Waals surface area contributed by atoms with Crippen molar-refractivity contribution < 1.29 is 49.5 Å². The average molecular weight is 660 g/mol. The Kier molecular flexibility index (Phi) is 42.1. The maximum atomic E-state index is 10.2. The summed E-state index contributed by atoms with van der Waals surface area (Å²) in [5, 5.41) is 40.0. The van der Waals surface area contributed by atoms with Gasteiger partial charge in [0.25, 0.3) is 0 Å². The second-order valence-electron chi connectivity index (χ2n) is 11.8. The van der Waals surface area contributed by atoms with E-state index >= 15 is 0 Å². The van der Waals surface area contributed by atoms with Gasteiger partial charge in [0.05, 0.1) is 12.2 Å². The molecule has 2 N–H and O–H groups in total. The zero-order valence-corrected chi connectivity index (χ0v) is 31.1. The Morgan fingerprint density at radius 3 is 1.19 bits per heavy atom. The van der Waals surface area contributed by atoms with Crippen LogP contribution in [0.3, 0.4) is 0 Å². The standard InChI is InChI=1S/2C18H34O3.Zn/c2*1-2-3-4-11-14-17(19)15-12-9-7-5-6-8-10-13-16-18(20)21;/h2*9,12,17,19H,2-8,10-11,13-16H2,1H3,(H,20,21);/q;;+2/p-2/b2*12-9+;. The summed E-state index contributed by atoms with van der Waals surface area (Å²) in [4.78, 5) is 20.4. The van der Waals surface area contributed by atoms with Crippen LogP contribution in [-0.2, 0) is 29.1 Å². The van der Waals surface area contributed by atoms with E-state index in [9.17, 15) is 30.0 Å². The van der Waals surface area contributed by atoms with Crippen LogP contribution in [-0.4, -0.2) is 34.4 Å². The molecule has 7 heteroatoms. The Balaban J connectivity index is -0.000000727. The van der Waals surface area contributed by atoms with Crippen molar-refractivity contribution in [3.8, 4) is 0 Å². The first-order valence-corrected chi connectivity index (χ1v) is 17.4. The van der Waals surface area contributed by atoms with Gasteiger partial charge >= 0.3 is 19.5 Å². The summed E-state index contributed by atoms with van der Waals surface area (Å²) in [6, 6.07) is 0. The second-order valence-corrected chi connectivity index (χ2v) is 11.8. The smallest absolute Gasteiger partial charge is 0.550 e. The number of carboxylic acids is 2. The van der Waals surface area contributed by atoms with Crippen LogP contribution in [0.2, 0.25) is 0 Å². The van der Waals surface area contributed by atoms with Crippen molar-refractivity contribution in [2.75, 3.05) is 0 Å². The monoisotopic (exact) mass is 658 g/mol. The van der Waals surface area contributed by atoms with Crippen molar-refractivity contribution in [3.63, 3.8) is 0 Å². The van der Waals surface area contributed by atoms with E-state index in [0.717, 1.165) is 116 Å². The summed E-state index contributed by atoms with van der Waals surface area (Å²) in [6.07, 6.45) is 34.0. The molecule has 0 aliphatic heterocycles. The zero-order chi connectivity index (χ0) is 31.5. The molecule has 0 amide bonds. The molecule has 0 aromatic heterocycles. The van der Waals surface area contributed by atoms with Crippen LogP contribution in [0, 0.1) is 0 Å². The van der Waals surface area contributed by atoms with Crippen molar-refractivity contribution in [1.82, 2.24) is 0 Å².